The number of hydrogen-bond donors (Lipinski definition) is 1. The van der Waals surface area contributed by atoms with E-state index in [9.17, 15) is 4.21 Å². The zero-order valence-electron chi connectivity index (χ0n) is 8.07. The average Bonchev–Trinajstić information content (AvgIpc) is 2.18. The van der Waals surface area contributed by atoms with Crippen LogP contribution in [0.15, 0.2) is 33.6 Å². The van der Waals surface area contributed by atoms with E-state index in [1.54, 1.807) is 0 Å². The zero-order chi connectivity index (χ0) is 10.6. The first-order chi connectivity index (χ1) is 6.63. The zero-order valence-corrected chi connectivity index (χ0v) is 10.5. The van der Waals surface area contributed by atoms with Gasteiger partial charge in [-0.05, 0) is 30.7 Å². The second-order valence-electron chi connectivity index (χ2n) is 3.13. The molecule has 1 aromatic rings. The van der Waals surface area contributed by atoms with Crippen molar-refractivity contribution in [3.63, 3.8) is 0 Å². The Morgan fingerprint density at radius 1 is 1.43 bits per heavy atom. The summed E-state index contributed by atoms with van der Waals surface area (Å²) in [6.07, 6.45) is 0.863. The molecule has 2 nitrogen and oxygen atoms in total. The number of nitrogens with two attached hydrogens (primary N) is 1. The lowest BCUT2D eigenvalue weighted by Gasteiger charge is -2.07. The Morgan fingerprint density at radius 2 is 2.00 bits per heavy atom. The molecule has 0 radical (unpaired) electrons. The summed E-state index contributed by atoms with van der Waals surface area (Å²) in [4.78, 5) is 0.845. The van der Waals surface area contributed by atoms with E-state index in [2.05, 4.69) is 15.9 Å². The Hall–Kier alpha value is -0.190. The van der Waals surface area contributed by atoms with E-state index in [4.69, 9.17) is 5.73 Å². The minimum absolute atomic E-state index is 0.0273. The molecule has 2 unspecified atom stereocenters. The minimum atomic E-state index is -0.967. The molecule has 0 heterocycles. The molecule has 78 valence electrons. The lowest BCUT2D eigenvalue weighted by atomic mass is 10.3. The Morgan fingerprint density at radius 3 is 2.50 bits per heavy atom. The first-order valence-corrected chi connectivity index (χ1v) is 6.64. The predicted octanol–water partition coefficient (Wildman–Crippen LogP) is 2.29. The molecular weight excluding hydrogens is 262 g/mol. The summed E-state index contributed by atoms with van der Waals surface area (Å²) in [5.74, 6) is 0.540. The maximum absolute atomic E-state index is 11.7. The molecule has 0 aromatic heterocycles. The second-order valence-corrected chi connectivity index (χ2v) is 5.55. The number of benzene rings is 1. The van der Waals surface area contributed by atoms with Gasteiger partial charge in [-0.1, -0.05) is 22.9 Å². The van der Waals surface area contributed by atoms with Crippen LogP contribution in [-0.2, 0) is 10.8 Å². The Bertz CT molecular complexity index is 312. The van der Waals surface area contributed by atoms with Gasteiger partial charge >= 0.3 is 0 Å². The average molecular weight is 276 g/mol. The standard InChI is InChI=1S/C10H14BrNOS/c1-2-9(12)7-14(13)10-5-3-8(11)4-6-10/h3-6,9H,2,7,12H2,1H3. The van der Waals surface area contributed by atoms with E-state index in [0.29, 0.717) is 5.75 Å². The van der Waals surface area contributed by atoms with Gasteiger partial charge in [0.25, 0.3) is 0 Å². The van der Waals surface area contributed by atoms with Crippen molar-refractivity contribution >= 4 is 26.7 Å². The van der Waals surface area contributed by atoms with Gasteiger partial charge in [0, 0.05) is 21.2 Å². The highest BCUT2D eigenvalue weighted by atomic mass is 79.9. The van der Waals surface area contributed by atoms with Crippen molar-refractivity contribution in [3.8, 4) is 0 Å². The smallest absolute Gasteiger partial charge is 0.0545 e. The van der Waals surface area contributed by atoms with Crippen LogP contribution >= 0.6 is 15.9 Å². The van der Waals surface area contributed by atoms with Crippen molar-refractivity contribution in [2.45, 2.75) is 24.3 Å². The first-order valence-electron chi connectivity index (χ1n) is 4.53. The van der Waals surface area contributed by atoms with Crippen molar-refractivity contribution in [2.24, 2.45) is 5.73 Å². The molecule has 0 amide bonds. The van der Waals surface area contributed by atoms with Crippen LogP contribution in [0.4, 0.5) is 0 Å². The summed E-state index contributed by atoms with van der Waals surface area (Å²) >= 11 is 3.34. The molecule has 14 heavy (non-hydrogen) atoms. The third-order valence-electron chi connectivity index (χ3n) is 1.97. The fourth-order valence-electron chi connectivity index (χ4n) is 0.995. The van der Waals surface area contributed by atoms with E-state index in [1.165, 1.54) is 0 Å². The summed E-state index contributed by atoms with van der Waals surface area (Å²) in [6.45, 7) is 2.00. The fourth-order valence-corrected chi connectivity index (χ4v) is 2.52. The third-order valence-corrected chi connectivity index (χ3v) is 4.02. The van der Waals surface area contributed by atoms with Crippen molar-refractivity contribution in [1.82, 2.24) is 0 Å². The highest BCUT2D eigenvalue weighted by Gasteiger charge is 2.07. The van der Waals surface area contributed by atoms with Gasteiger partial charge in [0.2, 0.25) is 0 Å². The summed E-state index contributed by atoms with van der Waals surface area (Å²) in [5, 5.41) is 0. The molecule has 0 saturated heterocycles. The van der Waals surface area contributed by atoms with Crippen molar-refractivity contribution in [2.75, 3.05) is 5.75 Å². The van der Waals surface area contributed by atoms with E-state index in [0.717, 1.165) is 15.8 Å². The number of halogens is 1. The SMILES string of the molecule is CCC(N)CS(=O)c1ccc(Br)cc1. The molecule has 0 aliphatic carbocycles. The highest BCUT2D eigenvalue weighted by molar-refractivity contribution is 9.10. The van der Waals surface area contributed by atoms with Gasteiger partial charge in [0.1, 0.15) is 0 Å². The molecule has 0 spiro atoms. The van der Waals surface area contributed by atoms with Gasteiger partial charge in [0.05, 0.1) is 10.8 Å². The van der Waals surface area contributed by atoms with Crippen LogP contribution in [-0.4, -0.2) is 16.0 Å². The topological polar surface area (TPSA) is 43.1 Å². The Balaban J connectivity index is 2.65. The molecule has 0 aliphatic heterocycles. The maximum atomic E-state index is 11.7. The third kappa shape index (κ3) is 3.52. The van der Waals surface area contributed by atoms with Crippen molar-refractivity contribution in [1.29, 1.82) is 0 Å². The lowest BCUT2D eigenvalue weighted by molar-refractivity contribution is 0.663. The lowest BCUT2D eigenvalue weighted by Crippen LogP contribution is -2.25. The minimum Gasteiger partial charge on any atom is -0.327 e. The molecule has 0 aliphatic rings. The molecule has 1 aromatic carbocycles. The summed E-state index contributed by atoms with van der Waals surface area (Å²) in [6, 6.07) is 7.54. The predicted molar refractivity (Wildman–Crippen MR) is 63.7 cm³/mol. The molecular formula is C10H14BrNOS. The summed E-state index contributed by atoms with van der Waals surface area (Å²) in [7, 11) is -0.967. The van der Waals surface area contributed by atoms with Gasteiger partial charge in [-0.3, -0.25) is 4.21 Å². The monoisotopic (exact) mass is 275 g/mol. The Kier molecular flexibility index (Phi) is 4.78. The molecule has 0 bridgehead atoms. The van der Waals surface area contributed by atoms with Gasteiger partial charge in [-0.25, -0.2) is 0 Å². The van der Waals surface area contributed by atoms with E-state index in [-0.39, 0.29) is 6.04 Å². The van der Waals surface area contributed by atoms with Crippen LogP contribution in [0.25, 0.3) is 0 Å². The van der Waals surface area contributed by atoms with Crippen LogP contribution in [0.5, 0.6) is 0 Å². The molecule has 0 saturated carbocycles. The van der Waals surface area contributed by atoms with E-state index < -0.39 is 10.8 Å². The molecule has 0 fully saturated rings. The van der Waals surface area contributed by atoms with Crippen LogP contribution in [0.3, 0.4) is 0 Å². The normalized spacial score (nSPS) is 15.1. The summed E-state index contributed by atoms with van der Waals surface area (Å²) < 4.78 is 12.7. The molecule has 4 heteroatoms. The van der Waals surface area contributed by atoms with Gasteiger partial charge in [0.15, 0.2) is 0 Å². The van der Waals surface area contributed by atoms with Gasteiger partial charge in [-0.2, -0.15) is 0 Å². The van der Waals surface area contributed by atoms with Crippen molar-refractivity contribution < 1.29 is 4.21 Å². The van der Waals surface area contributed by atoms with E-state index in [1.807, 2.05) is 31.2 Å². The Labute approximate surface area is 95.5 Å². The number of rotatable bonds is 4. The summed E-state index contributed by atoms with van der Waals surface area (Å²) in [5.41, 5.74) is 5.74. The van der Waals surface area contributed by atoms with Crippen LogP contribution in [0.2, 0.25) is 0 Å². The van der Waals surface area contributed by atoms with Crippen LogP contribution in [0.1, 0.15) is 13.3 Å². The number of hydrogen-bond acceptors (Lipinski definition) is 2. The van der Waals surface area contributed by atoms with Gasteiger partial charge < -0.3 is 5.73 Å². The molecule has 2 N–H and O–H groups in total. The largest absolute Gasteiger partial charge is 0.327 e. The van der Waals surface area contributed by atoms with Crippen LogP contribution < -0.4 is 5.73 Å². The van der Waals surface area contributed by atoms with Gasteiger partial charge in [-0.15, -0.1) is 0 Å². The molecule has 1 rings (SSSR count). The fraction of sp³-hybridized carbons (Fsp3) is 0.400. The highest BCUT2D eigenvalue weighted by Crippen LogP contribution is 2.13. The van der Waals surface area contributed by atoms with E-state index >= 15 is 0 Å². The van der Waals surface area contributed by atoms with Crippen LogP contribution in [0, 0.1) is 0 Å². The first kappa shape index (κ1) is 11.9. The van der Waals surface area contributed by atoms with Crippen molar-refractivity contribution in [3.05, 3.63) is 28.7 Å². The quantitative estimate of drug-likeness (QED) is 0.917. The second kappa shape index (κ2) is 5.63. The molecule has 2 atom stereocenters. The maximum Gasteiger partial charge on any atom is 0.0545 e.